The van der Waals surface area contributed by atoms with Crippen LogP contribution in [0.5, 0.6) is 0 Å². The highest BCUT2D eigenvalue weighted by atomic mass is 32.2. The van der Waals surface area contributed by atoms with Crippen molar-refractivity contribution in [2.75, 3.05) is 0 Å². The molecular formula is C6H12O3S2. The van der Waals surface area contributed by atoms with Crippen LogP contribution < -0.4 is 0 Å². The predicted molar refractivity (Wildman–Crippen MR) is 49.3 cm³/mol. The molecule has 0 heterocycles. The quantitative estimate of drug-likeness (QED) is 0.397. The molecule has 66 valence electrons. The third-order valence-corrected chi connectivity index (χ3v) is 1.87. The zero-order valence-corrected chi connectivity index (χ0v) is 7.98. The minimum Gasteiger partial charge on any atom is -0.479 e. The zero-order valence-electron chi connectivity index (χ0n) is 6.19. The lowest BCUT2D eigenvalue weighted by molar-refractivity contribution is -0.159. The fraction of sp³-hybridized carbons (Fsp3) is 0.833. The van der Waals surface area contributed by atoms with Crippen molar-refractivity contribution in [2.24, 2.45) is 0 Å². The van der Waals surface area contributed by atoms with Crippen LogP contribution in [0.2, 0.25) is 0 Å². The van der Waals surface area contributed by atoms with Crippen molar-refractivity contribution in [3.8, 4) is 0 Å². The second-order valence-electron chi connectivity index (χ2n) is 2.38. The second-order valence-corrected chi connectivity index (χ2v) is 4.03. The van der Waals surface area contributed by atoms with E-state index in [0.29, 0.717) is 0 Å². The molecule has 0 aromatic carbocycles. The summed E-state index contributed by atoms with van der Waals surface area (Å²) < 4.78 is -0.406. The molecule has 0 amide bonds. The average molecular weight is 196 g/mol. The Hall–Kier alpha value is 0.130. The molecule has 0 aromatic heterocycles. The average Bonchev–Trinajstić information content (AvgIpc) is 1.86. The highest BCUT2D eigenvalue weighted by Crippen LogP contribution is 2.21. The topological polar surface area (TPSA) is 57.5 Å². The van der Waals surface area contributed by atoms with Crippen LogP contribution in [-0.4, -0.2) is 26.4 Å². The summed E-state index contributed by atoms with van der Waals surface area (Å²) in [6.07, 6.45) is 0.213. The van der Waals surface area contributed by atoms with Gasteiger partial charge in [-0.1, -0.05) is 6.92 Å². The van der Waals surface area contributed by atoms with Crippen LogP contribution in [0, 0.1) is 0 Å². The summed E-state index contributed by atoms with van der Waals surface area (Å²) in [6, 6.07) is 0. The smallest absolute Gasteiger partial charge is 0.335 e. The first-order valence-electron chi connectivity index (χ1n) is 3.24. The number of aliphatic carboxylic acids is 1. The Balaban J connectivity index is 4.22. The SMILES string of the molecule is CCC(O)(CC(S)S)C(=O)O. The second kappa shape index (κ2) is 4.23. The van der Waals surface area contributed by atoms with E-state index in [1.165, 1.54) is 0 Å². The predicted octanol–water partition coefficient (Wildman–Crippen LogP) is 0.788. The molecule has 0 bridgehead atoms. The summed E-state index contributed by atoms with van der Waals surface area (Å²) in [5, 5.41) is 17.9. The molecular weight excluding hydrogens is 184 g/mol. The Morgan fingerprint density at radius 3 is 2.18 bits per heavy atom. The molecule has 0 aliphatic carbocycles. The molecule has 1 atom stereocenters. The van der Waals surface area contributed by atoms with Crippen LogP contribution in [-0.2, 0) is 4.79 Å². The molecule has 0 fully saturated rings. The fourth-order valence-electron chi connectivity index (χ4n) is 0.685. The third-order valence-electron chi connectivity index (χ3n) is 1.50. The van der Waals surface area contributed by atoms with Crippen LogP contribution in [0.3, 0.4) is 0 Å². The van der Waals surface area contributed by atoms with Gasteiger partial charge in [-0.05, 0) is 6.42 Å². The van der Waals surface area contributed by atoms with E-state index < -0.39 is 16.2 Å². The van der Waals surface area contributed by atoms with Crippen molar-refractivity contribution in [2.45, 2.75) is 29.9 Å². The van der Waals surface area contributed by atoms with Gasteiger partial charge in [0.15, 0.2) is 5.60 Å². The number of hydrogen-bond acceptors (Lipinski definition) is 4. The number of carbonyl (C=O) groups is 1. The normalized spacial score (nSPS) is 16.5. The maximum Gasteiger partial charge on any atom is 0.335 e. The number of carboxylic acids is 1. The van der Waals surface area contributed by atoms with Gasteiger partial charge in [-0.2, -0.15) is 25.3 Å². The van der Waals surface area contributed by atoms with Crippen LogP contribution in [0.25, 0.3) is 0 Å². The summed E-state index contributed by atoms with van der Waals surface area (Å²) in [7, 11) is 0. The number of rotatable bonds is 4. The molecule has 2 N–H and O–H groups in total. The molecule has 0 saturated carbocycles. The summed E-state index contributed by atoms with van der Waals surface area (Å²) in [5.41, 5.74) is -1.67. The van der Waals surface area contributed by atoms with E-state index in [1.807, 2.05) is 0 Å². The molecule has 0 spiro atoms. The van der Waals surface area contributed by atoms with E-state index in [1.54, 1.807) is 6.92 Å². The first kappa shape index (κ1) is 11.1. The van der Waals surface area contributed by atoms with E-state index in [0.717, 1.165) is 0 Å². The number of hydrogen-bond donors (Lipinski definition) is 4. The van der Waals surface area contributed by atoms with Gasteiger partial charge >= 0.3 is 5.97 Å². The van der Waals surface area contributed by atoms with Crippen molar-refractivity contribution in [3.05, 3.63) is 0 Å². The van der Waals surface area contributed by atoms with Crippen molar-refractivity contribution in [1.29, 1.82) is 0 Å². The minimum absolute atomic E-state index is 0.0467. The van der Waals surface area contributed by atoms with Crippen LogP contribution >= 0.6 is 25.3 Å². The highest BCUT2D eigenvalue weighted by Gasteiger charge is 2.34. The summed E-state index contributed by atoms with van der Waals surface area (Å²) in [6.45, 7) is 1.61. The summed E-state index contributed by atoms with van der Waals surface area (Å²) >= 11 is 7.76. The fourth-order valence-corrected chi connectivity index (χ4v) is 1.29. The zero-order chi connectivity index (χ0) is 9.07. The van der Waals surface area contributed by atoms with Crippen molar-refractivity contribution in [3.63, 3.8) is 0 Å². The summed E-state index contributed by atoms with van der Waals surface area (Å²) in [5.74, 6) is -1.21. The molecule has 0 saturated heterocycles. The molecule has 0 aliphatic heterocycles. The van der Waals surface area contributed by atoms with Gasteiger partial charge in [0.05, 0.1) is 0 Å². The number of aliphatic hydroxyl groups is 1. The number of carboxylic acid groups (broad SMARTS) is 1. The first-order chi connectivity index (χ1) is 4.92. The standard InChI is InChI=1S/C6H12O3S2/c1-2-6(9,5(7)8)3-4(10)11/h4,9-11H,2-3H2,1H3,(H,7,8). The molecule has 0 rings (SSSR count). The largest absolute Gasteiger partial charge is 0.479 e. The van der Waals surface area contributed by atoms with E-state index in [9.17, 15) is 9.90 Å². The molecule has 0 aromatic rings. The third kappa shape index (κ3) is 3.35. The van der Waals surface area contributed by atoms with Crippen LogP contribution in [0.15, 0.2) is 0 Å². The lowest BCUT2D eigenvalue weighted by atomic mass is 9.98. The van der Waals surface area contributed by atoms with Crippen molar-refractivity contribution < 1.29 is 15.0 Å². The van der Waals surface area contributed by atoms with Crippen molar-refractivity contribution >= 4 is 31.2 Å². The summed E-state index contributed by atoms with van der Waals surface area (Å²) in [4.78, 5) is 10.5. The lowest BCUT2D eigenvalue weighted by Crippen LogP contribution is -2.39. The van der Waals surface area contributed by atoms with Gasteiger partial charge in [0.1, 0.15) is 0 Å². The van der Waals surface area contributed by atoms with Crippen molar-refractivity contribution in [1.82, 2.24) is 0 Å². The molecule has 0 radical (unpaired) electrons. The minimum atomic E-state index is -1.67. The molecule has 5 heteroatoms. The Labute approximate surface area is 76.6 Å². The van der Waals surface area contributed by atoms with Gasteiger partial charge in [0, 0.05) is 11.0 Å². The molecule has 3 nitrogen and oxygen atoms in total. The van der Waals surface area contributed by atoms with Crippen LogP contribution in [0.1, 0.15) is 19.8 Å². The van der Waals surface area contributed by atoms with Gasteiger partial charge in [-0.25, -0.2) is 4.79 Å². The Bertz CT molecular complexity index is 149. The Morgan fingerprint density at radius 1 is 1.64 bits per heavy atom. The monoisotopic (exact) mass is 196 g/mol. The molecule has 1 unspecified atom stereocenters. The molecule has 11 heavy (non-hydrogen) atoms. The van der Waals surface area contributed by atoms with E-state index in [4.69, 9.17) is 5.11 Å². The maximum absolute atomic E-state index is 10.5. The van der Waals surface area contributed by atoms with Gasteiger partial charge in [-0.3, -0.25) is 0 Å². The highest BCUT2D eigenvalue weighted by molar-refractivity contribution is 7.99. The molecule has 0 aliphatic rings. The maximum atomic E-state index is 10.5. The van der Waals surface area contributed by atoms with E-state index in [2.05, 4.69) is 25.3 Å². The van der Waals surface area contributed by atoms with E-state index in [-0.39, 0.29) is 12.8 Å². The number of thiol groups is 2. The van der Waals surface area contributed by atoms with Gasteiger partial charge in [0.2, 0.25) is 0 Å². The van der Waals surface area contributed by atoms with Gasteiger partial charge in [-0.15, -0.1) is 0 Å². The Morgan fingerprint density at radius 2 is 2.09 bits per heavy atom. The van der Waals surface area contributed by atoms with Gasteiger partial charge < -0.3 is 10.2 Å². The van der Waals surface area contributed by atoms with Gasteiger partial charge in [0.25, 0.3) is 0 Å². The lowest BCUT2D eigenvalue weighted by Gasteiger charge is -2.22. The first-order valence-corrected chi connectivity index (χ1v) is 4.27. The van der Waals surface area contributed by atoms with E-state index >= 15 is 0 Å². The van der Waals surface area contributed by atoms with Crippen LogP contribution in [0.4, 0.5) is 0 Å². The Kier molecular flexibility index (Phi) is 4.28.